The molecule has 0 aliphatic heterocycles. The monoisotopic (exact) mass is 382 g/mol. The first-order valence-corrected chi connectivity index (χ1v) is 7.67. The van der Waals surface area contributed by atoms with Gasteiger partial charge in [-0.2, -0.15) is 0 Å². The predicted octanol–water partition coefficient (Wildman–Crippen LogP) is 5.11. The summed E-state index contributed by atoms with van der Waals surface area (Å²) in [4.78, 5) is 11.2. The minimum Gasteiger partial charge on any atom is -0.332 e. The molecule has 108 valence electrons. The van der Waals surface area contributed by atoms with Crippen LogP contribution in [0.15, 0.2) is 46.9 Å². The zero-order chi connectivity index (χ0) is 15.4. The van der Waals surface area contributed by atoms with E-state index in [1.807, 2.05) is 12.1 Å². The Balaban J connectivity index is 2.01. The van der Waals surface area contributed by atoms with Crippen LogP contribution in [0.2, 0.25) is 5.02 Å². The first-order chi connectivity index (χ1) is 9.95. The number of hydrogen-bond acceptors (Lipinski definition) is 2. The van der Waals surface area contributed by atoms with Gasteiger partial charge in [0.05, 0.1) is 5.02 Å². The van der Waals surface area contributed by atoms with Gasteiger partial charge in [-0.15, -0.1) is 0 Å². The lowest BCUT2D eigenvalue weighted by Gasteiger charge is -2.11. The molecule has 6 heteroatoms. The topological polar surface area (TPSA) is 41.1 Å². The van der Waals surface area contributed by atoms with Gasteiger partial charge in [-0.3, -0.25) is 4.79 Å². The summed E-state index contributed by atoms with van der Waals surface area (Å²) in [5.41, 5.74) is 2.26. The summed E-state index contributed by atoms with van der Waals surface area (Å²) in [6.45, 7) is 1.53. The smallest absolute Gasteiger partial charge is 0.175 e. The average Bonchev–Trinajstić information content (AvgIpc) is 2.43. The molecule has 0 bridgehead atoms. The normalized spacial score (nSPS) is 10.0. The number of benzene rings is 2. The van der Waals surface area contributed by atoms with Crippen LogP contribution in [0.4, 0.5) is 11.4 Å². The predicted molar refractivity (Wildman–Crippen MR) is 95.4 cm³/mol. The molecule has 0 heterocycles. The SMILES string of the molecule is CC(=O)c1ccc(NC(=S)Nc2ccc(Br)c(Cl)c2)cc1. The van der Waals surface area contributed by atoms with Crippen molar-refractivity contribution < 1.29 is 4.79 Å². The number of nitrogens with one attached hydrogen (secondary N) is 2. The standard InChI is InChI=1S/C15H12BrClN2OS/c1-9(20)10-2-4-11(5-3-10)18-15(21)19-12-6-7-13(16)14(17)8-12/h2-8H,1H3,(H2,18,19,21). The highest BCUT2D eigenvalue weighted by molar-refractivity contribution is 9.10. The molecule has 2 aromatic carbocycles. The summed E-state index contributed by atoms with van der Waals surface area (Å²) in [5, 5.41) is 7.14. The van der Waals surface area contributed by atoms with E-state index in [1.54, 1.807) is 30.3 Å². The number of Topliss-reactive ketones (excluding diaryl/α,β-unsaturated/α-hetero) is 1. The molecule has 0 unspecified atom stereocenters. The highest BCUT2D eigenvalue weighted by Gasteiger charge is 2.03. The molecule has 0 spiro atoms. The van der Waals surface area contributed by atoms with Gasteiger partial charge in [0.15, 0.2) is 10.9 Å². The van der Waals surface area contributed by atoms with Crippen molar-refractivity contribution in [2.45, 2.75) is 6.92 Å². The van der Waals surface area contributed by atoms with Crippen molar-refractivity contribution in [1.29, 1.82) is 0 Å². The second kappa shape index (κ2) is 7.02. The van der Waals surface area contributed by atoms with Crippen LogP contribution < -0.4 is 10.6 Å². The van der Waals surface area contributed by atoms with Crippen LogP contribution in [-0.4, -0.2) is 10.9 Å². The largest absolute Gasteiger partial charge is 0.332 e. The molecule has 2 N–H and O–H groups in total. The molecular weight excluding hydrogens is 372 g/mol. The van der Waals surface area contributed by atoms with Crippen molar-refractivity contribution in [2.75, 3.05) is 10.6 Å². The van der Waals surface area contributed by atoms with Crippen molar-refractivity contribution in [1.82, 2.24) is 0 Å². The highest BCUT2D eigenvalue weighted by Crippen LogP contribution is 2.25. The Kier molecular flexibility index (Phi) is 5.33. The van der Waals surface area contributed by atoms with Gasteiger partial charge < -0.3 is 10.6 Å². The molecule has 0 aliphatic rings. The Bertz CT molecular complexity index is 689. The molecule has 0 saturated heterocycles. The zero-order valence-corrected chi connectivity index (χ0v) is 14.3. The average molecular weight is 384 g/mol. The minimum atomic E-state index is 0.0340. The number of halogens is 2. The summed E-state index contributed by atoms with van der Waals surface area (Å²) in [5.74, 6) is 0.0340. The second-order valence-electron chi connectivity index (χ2n) is 4.34. The summed E-state index contributed by atoms with van der Waals surface area (Å²) < 4.78 is 0.827. The molecule has 2 aromatic rings. The van der Waals surface area contributed by atoms with Crippen molar-refractivity contribution in [3.8, 4) is 0 Å². The Morgan fingerprint density at radius 2 is 1.67 bits per heavy atom. The third kappa shape index (κ3) is 4.52. The lowest BCUT2D eigenvalue weighted by Crippen LogP contribution is -2.19. The van der Waals surface area contributed by atoms with Gasteiger partial charge in [0.25, 0.3) is 0 Å². The van der Waals surface area contributed by atoms with Gasteiger partial charge in [-0.05, 0) is 77.5 Å². The molecule has 0 saturated carbocycles. The van der Waals surface area contributed by atoms with Gasteiger partial charge >= 0.3 is 0 Å². The third-order valence-corrected chi connectivity index (χ3v) is 4.16. The summed E-state index contributed by atoms with van der Waals surface area (Å²) in [6, 6.07) is 12.6. The van der Waals surface area contributed by atoms with Crippen molar-refractivity contribution in [2.24, 2.45) is 0 Å². The van der Waals surface area contributed by atoms with Crippen LogP contribution in [0.25, 0.3) is 0 Å². The number of anilines is 2. The maximum absolute atomic E-state index is 11.2. The quantitative estimate of drug-likeness (QED) is 0.570. The van der Waals surface area contributed by atoms with E-state index in [2.05, 4.69) is 26.6 Å². The van der Waals surface area contributed by atoms with Crippen molar-refractivity contribution >= 4 is 62.0 Å². The fourth-order valence-electron chi connectivity index (χ4n) is 1.66. The molecule has 3 nitrogen and oxygen atoms in total. The summed E-state index contributed by atoms with van der Waals surface area (Å²) in [6.07, 6.45) is 0. The molecule has 0 aromatic heterocycles. The van der Waals surface area contributed by atoms with Crippen LogP contribution in [0.5, 0.6) is 0 Å². The zero-order valence-electron chi connectivity index (χ0n) is 11.1. The fraction of sp³-hybridized carbons (Fsp3) is 0.0667. The molecular formula is C15H12BrClN2OS. The van der Waals surface area contributed by atoms with E-state index in [0.29, 0.717) is 15.7 Å². The van der Waals surface area contributed by atoms with E-state index in [-0.39, 0.29) is 5.78 Å². The van der Waals surface area contributed by atoms with Crippen LogP contribution in [0, 0.1) is 0 Å². The molecule has 0 atom stereocenters. The Hall–Kier alpha value is -1.43. The third-order valence-electron chi connectivity index (χ3n) is 2.73. The van der Waals surface area contributed by atoms with Crippen LogP contribution >= 0.6 is 39.7 Å². The molecule has 0 fully saturated rings. The van der Waals surface area contributed by atoms with Gasteiger partial charge in [-0.1, -0.05) is 11.6 Å². The molecule has 0 amide bonds. The maximum atomic E-state index is 11.2. The Morgan fingerprint density at radius 3 is 2.24 bits per heavy atom. The van der Waals surface area contributed by atoms with E-state index in [0.717, 1.165) is 15.8 Å². The van der Waals surface area contributed by atoms with Crippen molar-refractivity contribution in [3.05, 3.63) is 57.5 Å². The first kappa shape index (κ1) is 15.9. The van der Waals surface area contributed by atoms with E-state index in [1.165, 1.54) is 6.92 Å². The van der Waals surface area contributed by atoms with E-state index < -0.39 is 0 Å². The van der Waals surface area contributed by atoms with Crippen LogP contribution in [0.1, 0.15) is 17.3 Å². The lowest BCUT2D eigenvalue weighted by molar-refractivity contribution is 0.101. The van der Waals surface area contributed by atoms with E-state index >= 15 is 0 Å². The number of ketones is 1. The summed E-state index contributed by atoms with van der Waals surface area (Å²) >= 11 is 14.6. The van der Waals surface area contributed by atoms with E-state index in [9.17, 15) is 4.79 Å². The maximum Gasteiger partial charge on any atom is 0.175 e. The van der Waals surface area contributed by atoms with Gasteiger partial charge in [-0.25, -0.2) is 0 Å². The van der Waals surface area contributed by atoms with Gasteiger partial charge in [0.2, 0.25) is 0 Å². The van der Waals surface area contributed by atoms with Crippen LogP contribution in [-0.2, 0) is 0 Å². The first-order valence-electron chi connectivity index (χ1n) is 6.10. The van der Waals surface area contributed by atoms with Gasteiger partial charge in [0.1, 0.15) is 0 Å². The Morgan fingerprint density at radius 1 is 1.10 bits per heavy atom. The lowest BCUT2D eigenvalue weighted by atomic mass is 10.1. The van der Waals surface area contributed by atoms with Crippen molar-refractivity contribution in [3.63, 3.8) is 0 Å². The number of rotatable bonds is 3. The van der Waals surface area contributed by atoms with Gasteiger partial charge in [0, 0.05) is 21.4 Å². The molecule has 21 heavy (non-hydrogen) atoms. The molecule has 2 rings (SSSR count). The Labute approximate surface area is 141 Å². The van der Waals surface area contributed by atoms with Crippen LogP contribution in [0.3, 0.4) is 0 Å². The van der Waals surface area contributed by atoms with E-state index in [4.69, 9.17) is 23.8 Å². The number of hydrogen-bond donors (Lipinski definition) is 2. The fourth-order valence-corrected chi connectivity index (χ4v) is 2.32. The number of carbonyl (C=O) groups excluding carboxylic acids is 1. The minimum absolute atomic E-state index is 0.0340. The highest BCUT2D eigenvalue weighted by atomic mass is 79.9. The second-order valence-corrected chi connectivity index (χ2v) is 6.01. The molecule has 0 aliphatic carbocycles. The molecule has 0 radical (unpaired) electrons. The number of carbonyl (C=O) groups is 1. The summed E-state index contributed by atoms with van der Waals surface area (Å²) in [7, 11) is 0. The number of thiocarbonyl (C=S) groups is 1.